The molecule has 0 aliphatic carbocycles. The molecule has 1 heterocycles. The second-order valence-electron chi connectivity index (χ2n) is 28.2. The number of hydrogen-bond acceptors (Lipinski definition) is 13. The van der Waals surface area contributed by atoms with Crippen molar-refractivity contribution in [3.63, 3.8) is 0 Å². The standard InChI is InChI=1S/C68H115N11O14/c1-24-48-63(87)73(17)36-53(80)74(18)49(32-37(2)3)60(84)72-54(41(10)11)66(90)75(19)50(33-38(4)5)59(83)69-44(15)58(82)70-45(16)62(86)76(20)51(34-39(6)7)64(88)77(21)52(35-40(8)9)65(89)78(22)55(42(12)13)67(91)79(23)56(61(85)71-48)57(81)43(14)26-25-27-46-28-30-47(31-29-46)68(92)93/h28-31,37-45,48-52,54-57,81H,24-27,32-36H2,1-23H3,(H,69,83)(H,70,82)(H,71,85)(H,72,84)(H,92,93)/t43-,44-,45+,48+,49+,50-,51+,52+,54-,55+,56+,57-/m1/s1. The highest BCUT2D eigenvalue weighted by molar-refractivity contribution is 5.99. The molecule has 1 aromatic rings. The van der Waals surface area contributed by atoms with Crippen molar-refractivity contribution in [1.29, 1.82) is 0 Å². The van der Waals surface area contributed by atoms with Crippen LogP contribution in [0, 0.1) is 41.4 Å². The molecule has 11 amide bonds. The van der Waals surface area contributed by atoms with Crippen LogP contribution in [0.2, 0.25) is 0 Å². The third kappa shape index (κ3) is 23.1. The van der Waals surface area contributed by atoms with Crippen molar-refractivity contribution < 1.29 is 67.7 Å². The van der Waals surface area contributed by atoms with Gasteiger partial charge in [-0.25, -0.2) is 4.79 Å². The van der Waals surface area contributed by atoms with Gasteiger partial charge in [-0.2, -0.15) is 0 Å². The Bertz CT molecular complexity index is 2740. The molecule has 12 atom stereocenters. The molecule has 1 aromatic carbocycles. The van der Waals surface area contributed by atoms with Crippen molar-refractivity contribution >= 4 is 70.9 Å². The zero-order chi connectivity index (χ0) is 71.5. The van der Waals surface area contributed by atoms with Gasteiger partial charge in [0.25, 0.3) is 0 Å². The van der Waals surface area contributed by atoms with Crippen LogP contribution < -0.4 is 21.3 Å². The van der Waals surface area contributed by atoms with Gasteiger partial charge in [-0.1, -0.05) is 109 Å². The first-order valence-electron chi connectivity index (χ1n) is 33.1. The van der Waals surface area contributed by atoms with Gasteiger partial charge in [-0.05, 0) is 124 Å². The Hall–Kier alpha value is -7.18. The lowest BCUT2D eigenvalue weighted by molar-refractivity contribution is -0.157. The van der Waals surface area contributed by atoms with Gasteiger partial charge in [-0.3, -0.25) is 52.7 Å². The summed E-state index contributed by atoms with van der Waals surface area (Å²) in [5.74, 6) is -11.3. The number of likely N-dealkylation sites (N-methyl/N-ethyl adjacent to an activating group) is 7. The minimum atomic E-state index is -1.68. The lowest BCUT2D eigenvalue weighted by atomic mass is 9.89. The summed E-state index contributed by atoms with van der Waals surface area (Å²) in [5.41, 5.74) is 0.945. The van der Waals surface area contributed by atoms with Crippen molar-refractivity contribution in [3.05, 3.63) is 35.4 Å². The van der Waals surface area contributed by atoms with Crippen molar-refractivity contribution in [2.24, 2.45) is 41.4 Å². The molecule has 526 valence electrons. The number of aryl methyl sites for hydroxylation is 1. The van der Waals surface area contributed by atoms with Crippen LogP contribution in [-0.4, -0.2) is 238 Å². The fourth-order valence-electron chi connectivity index (χ4n) is 11.8. The van der Waals surface area contributed by atoms with Crippen LogP contribution in [0.5, 0.6) is 0 Å². The molecule has 1 aliphatic rings. The molecule has 0 bridgehead atoms. The summed E-state index contributed by atoms with van der Waals surface area (Å²) < 4.78 is 0. The van der Waals surface area contributed by atoms with E-state index >= 15 is 19.2 Å². The third-order valence-corrected chi connectivity index (χ3v) is 17.7. The number of carboxylic acids is 1. The van der Waals surface area contributed by atoms with Crippen LogP contribution in [-0.2, 0) is 59.2 Å². The van der Waals surface area contributed by atoms with E-state index in [-0.39, 0.29) is 61.3 Å². The van der Waals surface area contributed by atoms with E-state index < -0.39 is 162 Å². The minimum absolute atomic E-state index is 0.0167. The average molecular weight is 1310 g/mol. The number of aromatic carboxylic acids is 1. The normalized spacial score (nSPS) is 25.4. The highest BCUT2D eigenvalue weighted by Crippen LogP contribution is 2.26. The van der Waals surface area contributed by atoms with Crippen LogP contribution >= 0.6 is 0 Å². The van der Waals surface area contributed by atoms with Gasteiger partial charge in [0.1, 0.15) is 60.4 Å². The number of aliphatic hydroxyl groups excluding tert-OH is 1. The largest absolute Gasteiger partial charge is 0.478 e. The monoisotopic (exact) mass is 1310 g/mol. The van der Waals surface area contributed by atoms with Crippen LogP contribution in [0.3, 0.4) is 0 Å². The summed E-state index contributed by atoms with van der Waals surface area (Å²) >= 11 is 0. The smallest absolute Gasteiger partial charge is 0.335 e. The summed E-state index contributed by atoms with van der Waals surface area (Å²) in [5, 5.41) is 32.8. The Morgan fingerprint density at radius 2 is 0.914 bits per heavy atom. The highest BCUT2D eigenvalue weighted by Gasteiger charge is 2.46. The van der Waals surface area contributed by atoms with Gasteiger partial charge in [0.2, 0.25) is 65.0 Å². The van der Waals surface area contributed by atoms with E-state index in [1.165, 1.54) is 99.8 Å². The first-order valence-corrected chi connectivity index (χ1v) is 33.1. The molecule has 0 spiro atoms. The molecule has 25 nitrogen and oxygen atoms in total. The fourth-order valence-corrected chi connectivity index (χ4v) is 11.8. The predicted molar refractivity (Wildman–Crippen MR) is 355 cm³/mol. The van der Waals surface area contributed by atoms with Crippen molar-refractivity contribution in [3.8, 4) is 0 Å². The molecule has 0 unspecified atom stereocenters. The number of carboxylic acid groups (broad SMARTS) is 1. The number of benzene rings is 1. The molecule has 2 rings (SSSR count). The molecule has 1 fully saturated rings. The maximum Gasteiger partial charge on any atom is 0.335 e. The van der Waals surface area contributed by atoms with Crippen LogP contribution in [0.25, 0.3) is 0 Å². The van der Waals surface area contributed by atoms with E-state index in [9.17, 15) is 48.6 Å². The number of nitrogens with one attached hydrogen (secondary N) is 4. The van der Waals surface area contributed by atoms with Crippen LogP contribution in [0.15, 0.2) is 24.3 Å². The maximum absolute atomic E-state index is 15.4. The van der Waals surface area contributed by atoms with Gasteiger partial charge in [0.15, 0.2) is 0 Å². The van der Waals surface area contributed by atoms with Gasteiger partial charge >= 0.3 is 5.97 Å². The Morgan fingerprint density at radius 3 is 1.38 bits per heavy atom. The van der Waals surface area contributed by atoms with Gasteiger partial charge in [0.05, 0.1) is 18.2 Å². The zero-order valence-electron chi connectivity index (χ0n) is 60.0. The molecule has 6 N–H and O–H groups in total. The number of aliphatic hydroxyl groups is 1. The number of amides is 11. The predicted octanol–water partition coefficient (Wildman–Crippen LogP) is 4.02. The lowest BCUT2D eigenvalue weighted by Crippen LogP contribution is -2.63. The van der Waals surface area contributed by atoms with Crippen molar-refractivity contribution in [1.82, 2.24) is 55.6 Å². The number of nitrogens with zero attached hydrogens (tertiary/aromatic N) is 7. The van der Waals surface area contributed by atoms with Crippen LogP contribution in [0.1, 0.15) is 172 Å². The number of hydrogen-bond donors (Lipinski definition) is 6. The quantitative estimate of drug-likeness (QED) is 0.121. The summed E-state index contributed by atoms with van der Waals surface area (Å²) in [6.45, 7) is 27.3. The minimum Gasteiger partial charge on any atom is -0.478 e. The molecule has 0 aromatic heterocycles. The summed E-state index contributed by atoms with van der Waals surface area (Å²) in [6.07, 6.45) is 0.198. The van der Waals surface area contributed by atoms with Gasteiger partial charge < -0.3 is 65.8 Å². The number of carbonyl (C=O) groups excluding carboxylic acids is 11. The number of rotatable bonds is 18. The van der Waals surface area contributed by atoms with Gasteiger partial charge in [0, 0.05) is 49.3 Å². The molecule has 1 aliphatic heterocycles. The molecule has 93 heavy (non-hydrogen) atoms. The SMILES string of the molecule is CC[C@@H]1NC(=O)[C@H]([C@H](O)[C@H](C)CCCc2ccc(C(=O)O)cc2)N(C)C(=O)[C@H](C(C)C)N(C)C(=O)[C@H](CC(C)C)N(C)C(=O)[C@H](CC(C)C)N(C)C(=O)[C@H](C)NC(=O)[C@@H](C)NC(=O)[C@@H](CC(C)C)N(C)C(=O)[C@@H](C(C)C)NC(=O)[C@H](CC(C)C)N(C)C(=O)CN(C)C1=O. The zero-order valence-corrected chi connectivity index (χ0v) is 60.0. The topological polar surface area (TPSA) is 316 Å². The third-order valence-electron chi connectivity index (χ3n) is 17.7. The fraction of sp³-hybridized carbons (Fsp3) is 0.735. The average Bonchev–Trinajstić information content (AvgIpc) is 0.846. The molecular weight excluding hydrogens is 1190 g/mol. The Balaban J connectivity index is 2.98. The summed E-state index contributed by atoms with van der Waals surface area (Å²) in [4.78, 5) is 181. The maximum atomic E-state index is 15.4. The molecule has 1 saturated heterocycles. The van der Waals surface area contributed by atoms with Gasteiger partial charge in [-0.15, -0.1) is 0 Å². The molecule has 0 radical (unpaired) electrons. The van der Waals surface area contributed by atoms with Crippen molar-refractivity contribution in [2.75, 3.05) is 55.9 Å². The van der Waals surface area contributed by atoms with E-state index in [1.54, 1.807) is 53.7 Å². The van der Waals surface area contributed by atoms with E-state index in [1.807, 2.05) is 55.4 Å². The van der Waals surface area contributed by atoms with Crippen molar-refractivity contribution in [2.45, 2.75) is 229 Å². The first kappa shape index (κ1) is 81.9. The second-order valence-corrected chi connectivity index (χ2v) is 28.2. The van der Waals surface area contributed by atoms with E-state index in [0.717, 1.165) is 15.4 Å². The van der Waals surface area contributed by atoms with Crippen LogP contribution in [0.4, 0.5) is 0 Å². The Morgan fingerprint density at radius 1 is 0.484 bits per heavy atom. The summed E-state index contributed by atoms with van der Waals surface area (Å²) in [7, 11) is 9.82. The lowest BCUT2D eigenvalue weighted by Gasteiger charge is -2.41. The number of carbonyl (C=O) groups is 12. The van der Waals surface area contributed by atoms with E-state index in [4.69, 9.17) is 0 Å². The molecule has 0 saturated carbocycles. The van der Waals surface area contributed by atoms with E-state index in [2.05, 4.69) is 21.3 Å². The second kappa shape index (κ2) is 37.1. The molecule has 25 heteroatoms. The Labute approximate surface area is 553 Å². The molecular formula is C68H115N11O14. The summed E-state index contributed by atoms with van der Waals surface area (Å²) in [6, 6.07) is -6.31. The van der Waals surface area contributed by atoms with E-state index in [0.29, 0.717) is 19.3 Å². The highest BCUT2D eigenvalue weighted by atomic mass is 16.4. The first-order chi connectivity index (χ1) is 43.0. The Kier molecular flexibility index (Phi) is 32.6.